The topological polar surface area (TPSA) is 135 Å². The van der Waals surface area contributed by atoms with Crippen molar-refractivity contribution >= 4 is 29.8 Å². The third-order valence-corrected chi connectivity index (χ3v) is 9.15. The monoisotopic (exact) mass is 679 g/mol. The number of carbonyl (C=O) groups excluding carboxylic acids is 4. The minimum atomic E-state index is -1.35. The number of hydrogen-bond donors (Lipinski definition) is 2. The van der Waals surface area contributed by atoms with Crippen molar-refractivity contribution in [3.05, 3.63) is 125 Å². The smallest absolute Gasteiger partial charge is 0.338 e. The summed E-state index contributed by atoms with van der Waals surface area (Å²) < 4.78 is 19.8. The van der Waals surface area contributed by atoms with Gasteiger partial charge in [0.2, 0.25) is 23.5 Å². The minimum absolute atomic E-state index is 0.0453. The predicted octanol–water partition coefficient (Wildman–Crippen LogP) is 3.43. The number of amides is 3. The first kappa shape index (κ1) is 34.8. The molecule has 0 spiro atoms. The van der Waals surface area contributed by atoms with Crippen LogP contribution in [-0.4, -0.2) is 96.7 Å². The van der Waals surface area contributed by atoms with E-state index < -0.39 is 36.1 Å². The van der Waals surface area contributed by atoms with Gasteiger partial charge >= 0.3 is 5.97 Å². The molecule has 1 aliphatic carbocycles. The van der Waals surface area contributed by atoms with E-state index in [1.165, 1.54) is 11.0 Å². The van der Waals surface area contributed by atoms with Gasteiger partial charge in [0.25, 0.3) is 0 Å². The van der Waals surface area contributed by atoms with Crippen molar-refractivity contribution in [3.63, 3.8) is 0 Å². The SMILES string of the molecule is CN(C)C(=O)C=Cc1ccc(C(=O)O[C@@H]2CC(C(=O)N3CCC[C@@H]3C(=O)NCCO)=C[C@H]3OC(c4ccccc4)(c4ccccc4)O[C@H]32)cc1. The number of nitrogens with zero attached hydrogens (tertiary/aromatic N) is 2. The fraction of sp³-hybridized carbons (Fsp3) is 0.333. The van der Waals surface area contributed by atoms with Gasteiger partial charge in [0, 0.05) is 56.4 Å². The summed E-state index contributed by atoms with van der Waals surface area (Å²) in [6.07, 6.45) is 3.60. The standard InChI is InChI=1S/C39H41N3O8/c1-41(2)34(44)20-17-26-15-18-27(19-16-26)38(47)48-32-24-28(37(46)42-22-9-14-31(42)36(45)40-21-23-43)25-33-35(32)50-39(49-33,29-10-5-3-6-11-29)30-12-7-4-8-13-30/h3-8,10-13,15-20,25,31-33,35,43H,9,14,21-24H2,1-2H3,(H,40,45)/t31-,32-,33-,35+/m1/s1. The van der Waals surface area contributed by atoms with Gasteiger partial charge in [-0.3, -0.25) is 14.4 Å². The molecular formula is C39H41N3O8. The van der Waals surface area contributed by atoms with E-state index in [-0.39, 0.29) is 42.9 Å². The van der Waals surface area contributed by atoms with Crippen LogP contribution in [0.2, 0.25) is 0 Å². The van der Waals surface area contributed by atoms with Crippen LogP contribution in [0.15, 0.2) is 103 Å². The summed E-state index contributed by atoms with van der Waals surface area (Å²) in [5.74, 6) is -2.78. The van der Waals surface area contributed by atoms with Crippen molar-refractivity contribution in [3.8, 4) is 0 Å². The van der Waals surface area contributed by atoms with Crippen molar-refractivity contribution in [2.75, 3.05) is 33.8 Å². The fourth-order valence-corrected chi connectivity index (χ4v) is 6.60. The van der Waals surface area contributed by atoms with Crippen molar-refractivity contribution in [1.29, 1.82) is 0 Å². The first-order valence-electron chi connectivity index (χ1n) is 16.8. The first-order chi connectivity index (χ1) is 24.2. The van der Waals surface area contributed by atoms with Gasteiger partial charge in [-0.25, -0.2) is 4.79 Å². The summed E-state index contributed by atoms with van der Waals surface area (Å²) in [4.78, 5) is 55.7. The highest BCUT2D eigenvalue weighted by atomic mass is 16.8. The Bertz CT molecular complexity index is 1720. The second-order valence-corrected chi connectivity index (χ2v) is 12.7. The summed E-state index contributed by atoms with van der Waals surface area (Å²) in [6.45, 7) is 0.285. The zero-order chi connectivity index (χ0) is 35.3. The maximum Gasteiger partial charge on any atom is 0.338 e. The van der Waals surface area contributed by atoms with Gasteiger partial charge < -0.3 is 34.4 Å². The van der Waals surface area contributed by atoms with E-state index in [9.17, 15) is 24.3 Å². The Kier molecular flexibility index (Phi) is 10.6. The van der Waals surface area contributed by atoms with E-state index >= 15 is 0 Å². The first-order valence-corrected chi connectivity index (χ1v) is 16.8. The summed E-state index contributed by atoms with van der Waals surface area (Å²) in [6, 6.07) is 25.0. The van der Waals surface area contributed by atoms with Crippen LogP contribution in [0.3, 0.4) is 0 Å². The number of carbonyl (C=O) groups is 4. The predicted molar refractivity (Wildman–Crippen MR) is 184 cm³/mol. The molecule has 11 nitrogen and oxygen atoms in total. The highest BCUT2D eigenvalue weighted by Gasteiger charge is 2.55. The Hall–Kier alpha value is -5.10. The Labute approximate surface area is 291 Å². The molecule has 3 aromatic carbocycles. The largest absolute Gasteiger partial charge is 0.456 e. The zero-order valence-corrected chi connectivity index (χ0v) is 28.1. The van der Waals surface area contributed by atoms with Crippen LogP contribution in [0.1, 0.15) is 46.3 Å². The normalized spacial score (nSPS) is 22.5. The minimum Gasteiger partial charge on any atom is -0.456 e. The molecule has 11 heteroatoms. The number of benzene rings is 3. The Morgan fingerprint density at radius 2 is 1.62 bits per heavy atom. The van der Waals surface area contributed by atoms with Crippen LogP contribution in [0.25, 0.3) is 6.08 Å². The second kappa shape index (κ2) is 15.2. The Morgan fingerprint density at radius 3 is 2.24 bits per heavy atom. The third-order valence-electron chi connectivity index (χ3n) is 9.15. The molecule has 3 aliphatic rings. The van der Waals surface area contributed by atoms with E-state index in [1.54, 1.807) is 55.4 Å². The number of ether oxygens (including phenoxy) is 3. The van der Waals surface area contributed by atoms with E-state index in [2.05, 4.69) is 5.32 Å². The van der Waals surface area contributed by atoms with Crippen molar-refractivity contribution < 1.29 is 38.5 Å². The fourth-order valence-electron chi connectivity index (χ4n) is 6.60. The number of esters is 1. The van der Waals surface area contributed by atoms with Crippen LogP contribution in [-0.2, 0) is 34.4 Å². The number of nitrogens with one attached hydrogen (secondary N) is 1. The van der Waals surface area contributed by atoms with Crippen LogP contribution in [0.5, 0.6) is 0 Å². The molecule has 0 bridgehead atoms. The van der Waals surface area contributed by atoms with E-state index in [0.717, 1.165) is 16.7 Å². The molecule has 0 aromatic heterocycles. The molecule has 2 heterocycles. The van der Waals surface area contributed by atoms with Gasteiger partial charge in [-0.2, -0.15) is 0 Å². The number of aliphatic hydroxyl groups is 1. The lowest BCUT2D eigenvalue weighted by atomic mass is 9.91. The Morgan fingerprint density at radius 1 is 0.960 bits per heavy atom. The van der Waals surface area contributed by atoms with E-state index in [4.69, 9.17) is 14.2 Å². The molecule has 2 fully saturated rings. The quantitative estimate of drug-likeness (QED) is 0.246. The molecule has 4 atom stereocenters. The lowest BCUT2D eigenvalue weighted by molar-refractivity contribution is -0.157. The number of hydrogen-bond acceptors (Lipinski definition) is 8. The summed E-state index contributed by atoms with van der Waals surface area (Å²) in [5.41, 5.74) is 2.86. The van der Waals surface area contributed by atoms with Crippen molar-refractivity contribution in [2.24, 2.45) is 0 Å². The molecule has 3 amide bonds. The number of likely N-dealkylation sites (tertiary alicyclic amines) is 1. The molecular weight excluding hydrogens is 638 g/mol. The molecule has 0 unspecified atom stereocenters. The lowest BCUT2D eigenvalue weighted by Gasteiger charge is -2.33. The molecule has 50 heavy (non-hydrogen) atoms. The molecule has 2 aliphatic heterocycles. The summed E-state index contributed by atoms with van der Waals surface area (Å²) in [7, 11) is 3.33. The van der Waals surface area contributed by atoms with Crippen LogP contribution >= 0.6 is 0 Å². The van der Waals surface area contributed by atoms with Gasteiger partial charge in [-0.15, -0.1) is 0 Å². The summed E-state index contributed by atoms with van der Waals surface area (Å²) >= 11 is 0. The maximum absolute atomic E-state index is 14.1. The number of fused-ring (bicyclic) bond motifs is 1. The van der Waals surface area contributed by atoms with Crippen LogP contribution < -0.4 is 5.32 Å². The number of aliphatic hydroxyl groups excluding tert-OH is 1. The van der Waals surface area contributed by atoms with Crippen molar-refractivity contribution in [2.45, 2.75) is 49.4 Å². The van der Waals surface area contributed by atoms with E-state index in [0.29, 0.717) is 25.0 Å². The molecule has 2 saturated heterocycles. The lowest BCUT2D eigenvalue weighted by Crippen LogP contribution is -2.49. The Balaban J connectivity index is 1.31. The van der Waals surface area contributed by atoms with Gasteiger partial charge in [0.15, 0.2) is 0 Å². The second-order valence-electron chi connectivity index (χ2n) is 12.7. The number of rotatable bonds is 10. The van der Waals surface area contributed by atoms with Gasteiger partial charge in [-0.1, -0.05) is 72.8 Å². The maximum atomic E-state index is 14.1. The molecule has 0 radical (unpaired) electrons. The average molecular weight is 680 g/mol. The van der Waals surface area contributed by atoms with Gasteiger partial charge in [0.05, 0.1) is 12.2 Å². The average Bonchev–Trinajstić information content (AvgIpc) is 3.80. The highest BCUT2D eigenvalue weighted by molar-refractivity contribution is 5.98. The molecule has 3 aromatic rings. The molecule has 260 valence electrons. The molecule has 0 saturated carbocycles. The summed E-state index contributed by atoms with van der Waals surface area (Å²) in [5, 5.41) is 11.9. The van der Waals surface area contributed by atoms with Crippen LogP contribution in [0, 0.1) is 0 Å². The van der Waals surface area contributed by atoms with Gasteiger partial charge in [-0.05, 0) is 42.7 Å². The molecule has 2 N–H and O–H groups in total. The number of likely N-dealkylation sites (N-methyl/N-ethyl adjacent to an activating group) is 1. The third kappa shape index (κ3) is 7.25. The molecule has 6 rings (SSSR count). The highest BCUT2D eigenvalue weighted by Crippen LogP contribution is 2.47. The van der Waals surface area contributed by atoms with Gasteiger partial charge in [0.1, 0.15) is 24.4 Å². The van der Waals surface area contributed by atoms with Crippen LogP contribution in [0.4, 0.5) is 0 Å². The van der Waals surface area contributed by atoms with Crippen molar-refractivity contribution in [1.82, 2.24) is 15.1 Å². The van der Waals surface area contributed by atoms with E-state index in [1.807, 2.05) is 60.7 Å². The zero-order valence-electron chi connectivity index (χ0n) is 28.1.